The Morgan fingerprint density at radius 2 is 1.89 bits per heavy atom. The SMILES string of the molecule is CC(O)CNC(=O)C(=O)N(C)c1ccc(O)cc1. The van der Waals surface area contributed by atoms with E-state index in [-0.39, 0.29) is 12.3 Å². The number of aliphatic hydroxyl groups excluding tert-OH is 1. The number of amides is 2. The van der Waals surface area contributed by atoms with Crippen molar-refractivity contribution in [1.29, 1.82) is 0 Å². The number of hydrogen-bond acceptors (Lipinski definition) is 4. The number of carbonyl (C=O) groups is 2. The monoisotopic (exact) mass is 252 g/mol. The van der Waals surface area contributed by atoms with Gasteiger partial charge >= 0.3 is 11.8 Å². The van der Waals surface area contributed by atoms with Gasteiger partial charge < -0.3 is 20.4 Å². The summed E-state index contributed by atoms with van der Waals surface area (Å²) in [7, 11) is 1.46. The molecular weight excluding hydrogens is 236 g/mol. The largest absolute Gasteiger partial charge is 0.508 e. The molecule has 0 heterocycles. The van der Waals surface area contributed by atoms with Crippen molar-refractivity contribution in [2.75, 3.05) is 18.5 Å². The van der Waals surface area contributed by atoms with E-state index in [1.807, 2.05) is 0 Å². The predicted molar refractivity (Wildman–Crippen MR) is 66.2 cm³/mol. The van der Waals surface area contributed by atoms with E-state index < -0.39 is 17.9 Å². The minimum Gasteiger partial charge on any atom is -0.508 e. The van der Waals surface area contributed by atoms with E-state index in [2.05, 4.69) is 5.32 Å². The second-order valence-corrected chi connectivity index (χ2v) is 3.94. The maximum Gasteiger partial charge on any atom is 0.316 e. The Hall–Kier alpha value is -2.08. The van der Waals surface area contributed by atoms with Crippen molar-refractivity contribution in [2.24, 2.45) is 0 Å². The minimum absolute atomic E-state index is 0.0218. The van der Waals surface area contributed by atoms with Gasteiger partial charge in [0.2, 0.25) is 0 Å². The number of nitrogens with one attached hydrogen (secondary N) is 1. The molecule has 6 heteroatoms. The third-order valence-corrected chi connectivity index (χ3v) is 2.29. The Morgan fingerprint density at radius 3 is 2.39 bits per heavy atom. The van der Waals surface area contributed by atoms with Crippen LogP contribution in [0.15, 0.2) is 24.3 Å². The van der Waals surface area contributed by atoms with Crippen LogP contribution in [0.5, 0.6) is 5.75 Å². The molecule has 0 aliphatic carbocycles. The third-order valence-electron chi connectivity index (χ3n) is 2.29. The standard InChI is InChI=1S/C12H16N2O4/c1-8(15)7-13-11(17)12(18)14(2)9-3-5-10(16)6-4-9/h3-6,8,15-16H,7H2,1-2H3,(H,13,17). The van der Waals surface area contributed by atoms with Gasteiger partial charge in [0.05, 0.1) is 6.10 Å². The van der Waals surface area contributed by atoms with Crippen molar-refractivity contribution in [3.63, 3.8) is 0 Å². The number of nitrogens with zero attached hydrogens (tertiary/aromatic N) is 1. The van der Waals surface area contributed by atoms with Gasteiger partial charge in [-0.3, -0.25) is 9.59 Å². The smallest absolute Gasteiger partial charge is 0.316 e. The molecule has 1 aromatic rings. The van der Waals surface area contributed by atoms with Crippen molar-refractivity contribution in [2.45, 2.75) is 13.0 Å². The number of hydrogen-bond donors (Lipinski definition) is 3. The topological polar surface area (TPSA) is 89.9 Å². The number of aliphatic hydroxyl groups is 1. The Labute approximate surface area is 105 Å². The Kier molecular flexibility index (Phi) is 4.67. The van der Waals surface area contributed by atoms with Gasteiger partial charge in [0.1, 0.15) is 5.75 Å². The van der Waals surface area contributed by atoms with Crippen molar-refractivity contribution in [3.05, 3.63) is 24.3 Å². The van der Waals surface area contributed by atoms with Crippen LogP contribution >= 0.6 is 0 Å². The maximum absolute atomic E-state index is 11.7. The lowest BCUT2D eigenvalue weighted by atomic mass is 10.2. The molecular formula is C12H16N2O4. The summed E-state index contributed by atoms with van der Waals surface area (Å²) < 4.78 is 0. The molecule has 6 nitrogen and oxygen atoms in total. The number of anilines is 1. The number of likely N-dealkylation sites (N-methyl/N-ethyl adjacent to an activating group) is 1. The second-order valence-electron chi connectivity index (χ2n) is 3.94. The summed E-state index contributed by atoms with van der Waals surface area (Å²) in [5.41, 5.74) is 0.491. The average Bonchev–Trinajstić information content (AvgIpc) is 2.35. The van der Waals surface area contributed by atoms with Crippen LogP contribution in [0.4, 0.5) is 5.69 Å². The second kappa shape index (κ2) is 6.02. The third kappa shape index (κ3) is 3.74. The van der Waals surface area contributed by atoms with Gasteiger partial charge in [-0.1, -0.05) is 0 Å². The van der Waals surface area contributed by atoms with E-state index in [1.54, 1.807) is 0 Å². The zero-order valence-corrected chi connectivity index (χ0v) is 10.3. The zero-order chi connectivity index (χ0) is 13.7. The summed E-state index contributed by atoms with van der Waals surface area (Å²) in [4.78, 5) is 24.3. The van der Waals surface area contributed by atoms with Gasteiger partial charge in [-0.15, -0.1) is 0 Å². The van der Waals surface area contributed by atoms with E-state index >= 15 is 0 Å². The van der Waals surface area contributed by atoms with Gasteiger partial charge in [0.15, 0.2) is 0 Å². The number of phenols is 1. The number of phenolic OH excluding ortho intramolecular Hbond substituents is 1. The summed E-state index contributed by atoms with van der Waals surface area (Å²) in [6.07, 6.45) is -0.708. The van der Waals surface area contributed by atoms with Crippen LogP contribution in [0.25, 0.3) is 0 Å². The first-order valence-corrected chi connectivity index (χ1v) is 5.45. The molecule has 0 fully saturated rings. The molecule has 0 saturated heterocycles. The fourth-order valence-electron chi connectivity index (χ4n) is 1.26. The van der Waals surface area contributed by atoms with E-state index in [4.69, 9.17) is 10.2 Å². The molecule has 1 unspecified atom stereocenters. The highest BCUT2D eigenvalue weighted by Gasteiger charge is 2.19. The Bertz CT molecular complexity index is 428. The first-order chi connectivity index (χ1) is 8.41. The normalized spacial score (nSPS) is 11.7. The van der Waals surface area contributed by atoms with E-state index in [0.29, 0.717) is 5.69 Å². The lowest BCUT2D eigenvalue weighted by Gasteiger charge is -2.17. The van der Waals surface area contributed by atoms with Crippen LogP contribution in [0, 0.1) is 0 Å². The summed E-state index contributed by atoms with van der Waals surface area (Å²) in [5.74, 6) is -1.44. The molecule has 2 amide bonds. The fraction of sp³-hybridized carbons (Fsp3) is 0.333. The average molecular weight is 252 g/mol. The Balaban J connectivity index is 2.66. The number of rotatable bonds is 3. The molecule has 0 radical (unpaired) electrons. The highest BCUT2D eigenvalue weighted by Crippen LogP contribution is 2.17. The summed E-state index contributed by atoms with van der Waals surface area (Å²) in [6, 6.07) is 5.89. The lowest BCUT2D eigenvalue weighted by Crippen LogP contribution is -2.43. The molecule has 98 valence electrons. The molecule has 0 bridgehead atoms. The highest BCUT2D eigenvalue weighted by molar-refractivity contribution is 6.40. The molecule has 0 aliphatic heterocycles. The van der Waals surface area contributed by atoms with Crippen LogP contribution in [0.2, 0.25) is 0 Å². The number of aromatic hydroxyl groups is 1. The van der Waals surface area contributed by atoms with E-state index in [9.17, 15) is 9.59 Å². The maximum atomic E-state index is 11.7. The summed E-state index contributed by atoms with van der Waals surface area (Å²) in [6.45, 7) is 1.53. The lowest BCUT2D eigenvalue weighted by molar-refractivity contribution is -0.137. The minimum atomic E-state index is -0.786. The van der Waals surface area contributed by atoms with Crippen molar-refractivity contribution in [3.8, 4) is 5.75 Å². The first kappa shape index (κ1) is 14.0. The van der Waals surface area contributed by atoms with Crippen LogP contribution < -0.4 is 10.2 Å². The van der Waals surface area contributed by atoms with Gasteiger partial charge in [-0.2, -0.15) is 0 Å². The van der Waals surface area contributed by atoms with Crippen molar-refractivity contribution >= 4 is 17.5 Å². The van der Waals surface area contributed by atoms with Crippen molar-refractivity contribution < 1.29 is 19.8 Å². The van der Waals surface area contributed by atoms with Gasteiger partial charge in [-0.25, -0.2) is 0 Å². The van der Waals surface area contributed by atoms with Crippen LogP contribution in [-0.2, 0) is 9.59 Å². The Morgan fingerprint density at radius 1 is 1.33 bits per heavy atom. The van der Waals surface area contributed by atoms with Crippen LogP contribution in [0.1, 0.15) is 6.92 Å². The highest BCUT2D eigenvalue weighted by atomic mass is 16.3. The fourth-order valence-corrected chi connectivity index (χ4v) is 1.26. The van der Waals surface area contributed by atoms with E-state index in [1.165, 1.54) is 38.2 Å². The summed E-state index contributed by atoms with van der Waals surface area (Å²) in [5, 5.41) is 20.4. The number of benzene rings is 1. The molecule has 1 atom stereocenters. The molecule has 1 rings (SSSR count). The molecule has 1 aromatic carbocycles. The van der Waals surface area contributed by atoms with Crippen LogP contribution in [-0.4, -0.2) is 41.7 Å². The molecule has 0 aromatic heterocycles. The number of carbonyl (C=O) groups excluding carboxylic acids is 2. The molecule has 0 spiro atoms. The molecule has 3 N–H and O–H groups in total. The zero-order valence-electron chi connectivity index (χ0n) is 10.3. The van der Waals surface area contributed by atoms with Crippen molar-refractivity contribution in [1.82, 2.24) is 5.32 Å². The first-order valence-electron chi connectivity index (χ1n) is 5.45. The van der Waals surface area contributed by atoms with Gasteiger partial charge in [0, 0.05) is 19.3 Å². The molecule has 0 saturated carbocycles. The quantitative estimate of drug-likeness (QED) is 0.653. The molecule has 18 heavy (non-hydrogen) atoms. The predicted octanol–water partition coefficient (Wildman–Crippen LogP) is -0.148. The van der Waals surface area contributed by atoms with Gasteiger partial charge in [0.25, 0.3) is 0 Å². The van der Waals surface area contributed by atoms with Gasteiger partial charge in [-0.05, 0) is 31.2 Å². The summed E-state index contributed by atoms with van der Waals surface area (Å²) >= 11 is 0. The van der Waals surface area contributed by atoms with Crippen LogP contribution in [0.3, 0.4) is 0 Å². The van der Waals surface area contributed by atoms with E-state index in [0.717, 1.165) is 4.90 Å². The molecule has 0 aliphatic rings.